The van der Waals surface area contributed by atoms with E-state index in [1.165, 1.54) is 29.5 Å². The molecule has 0 bridgehead atoms. The van der Waals surface area contributed by atoms with Crippen LogP contribution in [-0.4, -0.2) is 55.1 Å². The van der Waals surface area contributed by atoms with Crippen LogP contribution in [0.3, 0.4) is 0 Å². The molecule has 0 amide bonds. The molecule has 0 radical (unpaired) electrons. The molecule has 2 aromatic rings. The molecule has 1 saturated heterocycles. The maximum Gasteiger partial charge on any atom is 0.350 e. The van der Waals surface area contributed by atoms with Gasteiger partial charge in [0.15, 0.2) is 10.8 Å². The first kappa shape index (κ1) is 24.8. The summed E-state index contributed by atoms with van der Waals surface area (Å²) in [5, 5.41) is 2.21. The van der Waals surface area contributed by atoms with Gasteiger partial charge in [-0.3, -0.25) is 4.99 Å². The average molecular weight is 579 g/mol. The lowest BCUT2D eigenvalue weighted by molar-refractivity contribution is -0.139. The van der Waals surface area contributed by atoms with Gasteiger partial charge in [0.1, 0.15) is 11.9 Å². The lowest BCUT2D eigenvalue weighted by atomic mass is 9.94. The number of halogens is 4. The fourth-order valence-electron chi connectivity index (χ4n) is 3.88. The van der Waals surface area contributed by atoms with E-state index in [1.54, 1.807) is 23.4 Å². The van der Waals surface area contributed by atoms with Crippen molar-refractivity contribution in [1.29, 1.82) is 0 Å². The Bertz CT molecular complexity index is 1270. The molecular formula is C20H18BrF3N4O4S2. The number of nitrogens with one attached hydrogen (secondary N) is 1. The quantitative estimate of drug-likeness (QED) is 0.504. The molecule has 3 heterocycles. The summed E-state index contributed by atoms with van der Waals surface area (Å²) in [5.74, 6) is -4.44. The molecule has 2 aliphatic rings. The van der Waals surface area contributed by atoms with Crippen molar-refractivity contribution >= 4 is 49.1 Å². The summed E-state index contributed by atoms with van der Waals surface area (Å²) in [7, 11) is -4.87. The number of esters is 1. The smallest absolute Gasteiger partial charge is 0.350 e. The number of fused-ring (bicyclic) bond motifs is 1. The van der Waals surface area contributed by atoms with Crippen LogP contribution in [0.25, 0.3) is 0 Å². The SMILES string of the molecule is CCOC(=O)C1=C2CC(NS(=O)(=O)C(F)F)CN2C(c2nccs2)=N[C@H]1c1ccc(F)cc1Br. The number of carbonyl (C=O) groups excluding carboxylic acids is 1. The second-order valence-electron chi connectivity index (χ2n) is 7.37. The Balaban J connectivity index is 1.87. The number of hydrogen-bond donors (Lipinski definition) is 1. The van der Waals surface area contributed by atoms with Gasteiger partial charge in [0, 0.05) is 40.8 Å². The van der Waals surface area contributed by atoms with E-state index >= 15 is 0 Å². The number of aliphatic imine (C=N–C) groups is 1. The van der Waals surface area contributed by atoms with Crippen molar-refractivity contribution in [3.8, 4) is 0 Å². The van der Waals surface area contributed by atoms with Crippen molar-refractivity contribution in [2.75, 3.05) is 13.2 Å². The van der Waals surface area contributed by atoms with Crippen molar-refractivity contribution in [2.24, 2.45) is 4.99 Å². The van der Waals surface area contributed by atoms with E-state index in [0.717, 1.165) is 0 Å². The summed E-state index contributed by atoms with van der Waals surface area (Å²) in [5.41, 5.74) is 0.970. The van der Waals surface area contributed by atoms with Crippen LogP contribution in [0.15, 0.2) is 50.5 Å². The fraction of sp³-hybridized carbons (Fsp3) is 0.350. The second kappa shape index (κ2) is 9.76. The first-order chi connectivity index (χ1) is 16.1. The number of hydrogen-bond acceptors (Lipinski definition) is 8. The number of nitrogens with zero attached hydrogens (tertiary/aromatic N) is 3. The topological polar surface area (TPSA) is 101 Å². The summed E-state index contributed by atoms with van der Waals surface area (Å²) in [6, 6.07) is 2.08. The molecule has 34 heavy (non-hydrogen) atoms. The van der Waals surface area contributed by atoms with Gasteiger partial charge in [-0.05, 0) is 24.6 Å². The minimum Gasteiger partial charge on any atom is -0.463 e. The van der Waals surface area contributed by atoms with E-state index < -0.39 is 39.7 Å². The van der Waals surface area contributed by atoms with E-state index in [9.17, 15) is 26.4 Å². The van der Waals surface area contributed by atoms with Gasteiger partial charge in [-0.15, -0.1) is 11.3 Å². The first-order valence-electron chi connectivity index (χ1n) is 10.0. The second-order valence-corrected chi connectivity index (χ2v) is 10.8. The minimum atomic E-state index is -4.87. The van der Waals surface area contributed by atoms with Crippen molar-refractivity contribution in [3.05, 3.63) is 61.9 Å². The number of amidine groups is 1. The Morgan fingerprint density at radius 2 is 2.18 bits per heavy atom. The zero-order valence-corrected chi connectivity index (χ0v) is 20.8. The predicted octanol–water partition coefficient (Wildman–Crippen LogP) is 3.58. The molecule has 0 saturated carbocycles. The molecule has 1 fully saturated rings. The van der Waals surface area contributed by atoms with E-state index in [-0.39, 0.29) is 25.1 Å². The number of alkyl halides is 2. The highest BCUT2D eigenvalue weighted by molar-refractivity contribution is 9.10. The molecule has 1 aromatic heterocycles. The molecule has 4 rings (SSSR count). The molecule has 1 unspecified atom stereocenters. The molecule has 2 aliphatic heterocycles. The largest absolute Gasteiger partial charge is 0.463 e. The van der Waals surface area contributed by atoms with Crippen molar-refractivity contribution < 1.29 is 31.1 Å². The number of thiazole rings is 1. The van der Waals surface area contributed by atoms with Gasteiger partial charge in [-0.25, -0.2) is 27.3 Å². The summed E-state index contributed by atoms with van der Waals surface area (Å²) in [6.45, 7) is 1.66. The highest BCUT2D eigenvalue weighted by atomic mass is 79.9. The number of aromatic nitrogens is 1. The lowest BCUT2D eigenvalue weighted by Gasteiger charge is -2.31. The summed E-state index contributed by atoms with van der Waals surface area (Å²) < 4.78 is 71.0. The highest BCUT2D eigenvalue weighted by Crippen LogP contribution is 2.42. The molecule has 1 aromatic carbocycles. The third-order valence-electron chi connectivity index (χ3n) is 5.20. The van der Waals surface area contributed by atoms with Crippen LogP contribution >= 0.6 is 27.3 Å². The fourth-order valence-corrected chi connectivity index (χ4v) is 5.81. The Kier molecular flexibility index (Phi) is 7.12. The van der Waals surface area contributed by atoms with Crippen LogP contribution in [0.4, 0.5) is 13.2 Å². The van der Waals surface area contributed by atoms with Gasteiger partial charge in [0.2, 0.25) is 0 Å². The van der Waals surface area contributed by atoms with Gasteiger partial charge in [0.05, 0.1) is 12.2 Å². The van der Waals surface area contributed by atoms with Gasteiger partial charge in [-0.1, -0.05) is 22.0 Å². The van der Waals surface area contributed by atoms with E-state index in [4.69, 9.17) is 9.73 Å². The molecule has 182 valence electrons. The Hall–Kier alpha value is -2.29. The van der Waals surface area contributed by atoms with E-state index in [2.05, 4.69) is 20.9 Å². The van der Waals surface area contributed by atoms with E-state index in [0.29, 0.717) is 26.6 Å². The monoisotopic (exact) mass is 578 g/mol. The van der Waals surface area contributed by atoms with Crippen molar-refractivity contribution in [1.82, 2.24) is 14.6 Å². The van der Waals surface area contributed by atoms with Crippen LogP contribution in [-0.2, 0) is 19.6 Å². The third kappa shape index (κ3) is 4.76. The van der Waals surface area contributed by atoms with Crippen LogP contribution < -0.4 is 4.72 Å². The normalized spacial score (nSPS) is 20.5. The van der Waals surface area contributed by atoms with E-state index in [1.807, 2.05) is 4.72 Å². The maximum atomic E-state index is 13.8. The standard InChI is InChI=1S/C20H18BrF3N4O4S2/c1-2-32-19(29)15-14-8-11(27-34(30,31)20(23)24)9-28(14)17(18-25-5-6-33-18)26-16(15)12-4-3-10(22)7-13(12)21/h3-7,11,16,20,27H,2,8-9H2,1H3/t11?,16-/m0/s1. The first-order valence-corrected chi connectivity index (χ1v) is 13.2. The number of benzene rings is 1. The van der Waals surface area contributed by atoms with Gasteiger partial charge in [-0.2, -0.15) is 8.78 Å². The molecule has 0 aliphatic carbocycles. The van der Waals surface area contributed by atoms with Crippen LogP contribution in [0.2, 0.25) is 0 Å². The number of carbonyl (C=O) groups is 1. The number of ether oxygens (including phenoxy) is 1. The molecule has 14 heteroatoms. The zero-order valence-electron chi connectivity index (χ0n) is 17.5. The van der Waals surface area contributed by atoms with Crippen LogP contribution in [0.1, 0.15) is 30.0 Å². The summed E-state index contributed by atoms with van der Waals surface area (Å²) >= 11 is 4.59. The Morgan fingerprint density at radius 3 is 2.79 bits per heavy atom. The average Bonchev–Trinajstić information content (AvgIpc) is 3.42. The highest BCUT2D eigenvalue weighted by Gasteiger charge is 2.44. The van der Waals surface area contributed by atoms with Crippen LogP contribution in [0.5, 0.6) is 0 Å². The lowest BCUT2D eigenvalue weighted by Crippen LogP contribution is -2.41. The van der Waals surface area contributed by atoms with Gasteiger partial charge >= 0.3 is 11.7 Å². The van der Waals surface area contributed by atoms with Gasteiger partial charge < -0.3 is 9.64 Å². The third-order valence-corrected chi connectivity index (χ3v) is 7.79. The van der Waals surface area contributed by atoms with Gasteiger partial charge in [0.25, 0.3) is 10.0 Å². The molecule has 0 spiro atoms. The molecule has 1 N–H and O–H groups in total. The van der Waals surface area contributed by atoms with Crippen molar-refractivity contribution in [3.63, 3.8) is 0 Å². The minimum absolute atomic E-state index is 0.0418. The van der Waals surface area contributed by atoms with Crippen molar-refractivity contribution in [2.45, 2.75) is 31.2 Å². The zero-order chi connectivity index (χ0) is 24.6. The Labute approximate surface area is 205 Å². The summed E-state index contributed by atoms with van der Waals surface area (Å²) in [6.07, 6.45) is 1.50. The molecular weight excluding hydrogens is 561 g/mol. The maximum absolute atomic E-state index is 13.8. The molecule has 2 atom stereocenters. The summed E-state index contributed by atoms with van der Waals surface area (Å²) in [4.78, 5) is 23.7. The Morgan fingerprint density at radius 1 is 1.41 bits per heavy atom. The predicted molar refractivity (Wildman–Crippen MR) is 122 cm³/mol. The number of sulfonamides is 1. The van der Waals surface area contributed by atoms with Crippen LogP contribution in [0, 0.1) is 5.82 Å². The number of rotatable bonds is 7. The molecule has 8 nitrogen and oxygen atoms in total.